The molecule has 4 aromatic carbocycles. The van der Waals surface area contributed by atoms with Gasteiger partial charge in [-0.15, -0.1) is 24.4 Å². The van der Waals surface area contributed by atoms with Crippen LogP contribution in [0.4, 0.5) is 17.6 Å². The minimum absolute atomic E-state index is 0.0183. The topological polar surface area (TPSA) is 296 Å². The summed E-state index contributed by atoms with van der Waals surface area (Å²) in [5, 5.41) is 56.7. The number of thiol groups is 2. The fourth-order valence-electron chi connectivity index (χ4n) is 5.60. The standard InChI is InChI=1S/C15H11FN2O3S.2C8H6BrFO2.C8H7FO2.C7H6N2OS.C4H9NO.BHNS/c1-8-4-13(19)18-14(11(8)6-17)22-7-10-5-9(15(20)21)2-3-12(10)16;2*9-4-6-3-5(8(11)12)1-2-7(6)10;1-5-4-6(8(10)11)2-3-7(5)9;1-4-2-6(10)9-7(11)5(4)3-8;1-3-6-4-2-5-1;1-2-3/h2-5H,7H2,1H3,(H,18,19)(H,20,21);2*1-3H,4H2,(H,11,12);2-4H,1H3,(H,10,11);2H,1H3,(H2,9,10,11);5H,1-4H2;3H. The zero-order valence-corrected chi connectivity index (χ0v) is 46.4. The minimum atomic E-state index is -1.15. The molecule has 27 heteroatoms. The number of carboxylic acids is 4. The van der Waals surface area contributed by atoms with E-state index in [1.807, 2.05) is 12.1 Å². The van der Waals surface area contributed by atoms with Crippen molar-refractivity contribution in [1.82, 2.24) is 15.3 Å². The van der Waals surface area contributed by atoms with Crippen LogP contribution in [0.25, 0.3) is 0 Å². The van der Waals surface area contributed by atoms with Gasteiger partial charge in [0.05, 0.1) is 56.6 Å². The molecule has 1 fully saturated rings. The van der Waals surface area contributed by atoms with Crippen LogP contribution in [0.1, 0.15) is 85.9 Å². The number of pyridine rings is 2. The van der Waals surface area contributed by atoms with Crippen LogP contribution in [0, 0.1) is 66.7 Å². The molecule has 0 aliphatic carbocycles. The number of ether oxygens (including phenoxy) is 1. The number of hydrogen-bond acceptors (Lipinski definition) is 14. The van der Waals surface area contributed by atoms with Crippen LogP contribution in [0.2, 0.25) is 0 Å². The molecule has 1 aliphatic heterocycles. The molecule has 0 atom stereocenters. The second-order valence-electron chi connectivity index (χ2n) is 14.9. The number of hydrogen-bond donors (Lipinski definition) is 9. The molecular formula is C50H46BBr2F4N6O11S3. The normalized spacial score (nSPS) is 10.7. The summed E-state index contributed by atoms with van der Waals surface area (Å²) in [6.07, 6.45) is 0. The Bertz CT molecular complexity index is 3130. The van der Waals surface area contributed by atoms with Gasteiger partial charge in [-0.05, 0) is 127 Å². The number of H-pyrrole nitrogens is 2. The Labute approximate surface area is 471 Å². The van der Waals surface area contributed by atoms with Crippen LogP contribution in [-0.4, -0.2) is 88.2 Å². The third kappa shape index (κ3) is 24.8. The summed E-state index contributed by atoms with van der Waals surface area (Å²) in [7, 11) is 4.34. The number of morpholine rings is 1. The zero-order valence-electron chi connectivity index (χ0n) is 40.7. The molecule has 1 radical (unpaired) electrons. The van der Waals surface area contributed by atoms with Crippen LogP contribution < -0.4 is 16.4 Å². The third-order valence-electron chi connectivity index (χ3n) is 9.44. The molecule has 405 valence electrons. The monoisotopic (exact) mass is 1250 g/mol. The Balaban J connectivity index is 0.000000474. The number of carbonyl (C=O) groups is 4. The number of aromatic nitrogens is 2. The maximum absolute atomic E-state index is 13.7. The molecule has 1 saturated heterocycles. The van der Waals surface area contributed by atoms with Gasteiger partial charge in [0, 0.05) is 41.6 Å². The Morgan fingerprint density at radius 1 is 0.636 bits per heavy atom. The Morgan fingerprint density at radius 3 is 1.34 bits per heavy atom. The Kier molecular flexibility index (Phi) is 32.1. The molecule has 17 nitrogen and oxygen atoms in total. The molecule has 0 amide bonds. The number of nitrogens with zero attached hydrogens (tertiary/aromatic N) is 3. The molecule has 0 bridgehead atoms. The number of thioether (sulfide) groups is 1. The maximum atomic E-state index is 13.7. The van der Waals surface area contributed by atoms with Gasteiger partial charge in [-0.25, -0.2) is 36.7 Å². The van der Waals surface area contributed by atoms with Gasteiger partial charge in [-0.1, -0.05) is 31.9 Å². The number of aryl methyl sites for hydroxylation is 3. The Hall–Kier alpha value is -6.85. The van der Waals surface area contributed by atoms with Crippen LogP contribution >= 0.6 is 69.1 Å². The number of alkyl halides is 2. The van der Waals surface area contributed by atoms with Gasteiger partial charge < -0.3 is 40.4 Å². The van der Waals surface area contributed by atoms with Crippen LogP contribution in [0.5, 0.6) is 0 Å². The molecule has 2 aromatic heterocycles. The van der Waals surface area contributed by atoms with Gasteiger partial charge in [0.1, 0.15) is 35.4 Å². The van der Waals surface area contributed by atoms with E-state index in [0.29, 0.717) is 59.7 Å². The number of halogens is 6. The van der Waals surface area contributed by atoms with Crippen molar-refractivity contribution in [2.24, 2.45) is 4.30 Å². The number of nitriles is 2. The van der Waals surface area contributed by atoms with E-state index in [2.05, 4.69) is 84.5 Å². The second-order valence-corrected chi connectivity index (χ2v) is 17.7. The van der Waals surface area contributed by atoms with E-state index in [1.54, 1.807) is 13.8 Å². The SMILES string of the molecule is C1COCCN1.Cc1cc(=O)[nH]c(S)c1C#N.Cc1cc(=O)[nH]c(SCc2cc(C(=O)O)ccc2F)c1C#N.Cc1cc(C(=O)O)ccc1F.O=C(O)c1ccc(F)c(CBr)c1.O=C(O)c1ccc(F)c(CBr)c1.[B]=NS. The molecule has 1 aliphatic rings. The molecule has 0 unspecified atom stereocenters. The number of carboxylic acid groups (broad SMARTS) is 4. The fraction of sp³-hybridized carbons (Fsp3) is 0.200. The summed E-state index contributed by atoms with van der Waals surface area (Å²) < 4.78 is 59.6. The number of aromatic carboxylic acids is 4. The van der Waals surface area contributed by atoms with E-state index in [4.69, 9.17) is 35.7 Å². The zero-order chi connectivity index (χ0) is 58.4. The van der Waals surface area contributed by atoms with Crippen molar-refractivity contribution < 1.29 is 61.9 Å². The average Bonchev–Trinajstić information content (AvgIpc) is 3.38. The molecule has 3 heterocycles. The quantitative estimate of drug-likeness (QED) is 0.0214. The first kappa shape index (κ1) is 68.2. The van der Waals surface area contributed by atoms with Gasteiger partial charge in [-0.3, -0.25) is 9.59 Å². The molecule has 0 saturated carbocycles. The number of aromatic amines is 2. The van der Waals surface area contributed by atoms with Crippen molar-refractivity contribution in [3.8, 4) is 12.1 Å². The van der Waals surface area contributed by atoms with Crippen molar-refractivity contribution in [3.63, 3.8) is 0 Å². The first-order chi connectivity index (χ1) is 36.4. The predicted molar refractivity (Wildman–Crippen MR) is 294 cm³/mol. The predicted octanol–water partition coefficient (Wildman–Crippen LogP) is 9.99. The van der Waals surface area contributed by atoms with Crippen molar-refractivity contribution in [1.29, 1.82) is 10.5 Å². The molecule has 7 rings (SSSR count). The first-order valence-corrected chi connectivity index (χ1v) is 25.6. The van der Waals surface area contributed by atoms with Crippen molar-refractivity contribution >= 4 is 101 Å². The van der Waals surface area contributed by atoms with Gasteiger partial charge in [0.15, 0.2) is 0 Å². The van der Waals surface area contributed by atoms with Crippen LogP contribution in [-0.2, 0) is 21.1 Å². The second kappa shape index (κ2) is 36.2. The van der Waals surface area contributed by atoms with Gasteiger partial charge in [0.25, 0.3) is 0 Å². The summed E-state index contributed by atoms with van der Waals surface area (Å²) >= 11 is 14.3. The van der Waals surface area contributed by atoms with E-state index < -0.39 is 41.3 Å². The summed E-state index contributed by atoms with van der Waals surface area (Å²) in [5.41, 5.74) is 2.91. The van der Waals surface area contributed by atoms with Crippen molar-refractivity contribution in [2.75, 3.05) is 26.3 Å². The van der Waals surface area contributed by atoms with Gasteiger partial charge in [0.2, 0.25) is 11.1 Å². The Morgan fingerprint density at radius 2 is 1.00 bits per heavy atom. The molecule has 7 N–H and O–H groups in total. The summed E-state index contributed by atoms with van der Waals surface area (Å²) in [5.74, 6) is -5.87. The fourth-order valence-corrected chi connectivity index (χ4v) is 7.84. The van der Waals surface area contributed by atoms with E-state index in [-0.39, 0.29) is 50.5 Å². The molecule has 0 spiro atoms. The van der Waals surface area contributed by atoms with Gasteiger partial charge in [-0.2, -0.15) is 10.5 Å². The number of rotatable bonds is 9. The van der Waals surface area contributed by atoms with Crippen LogP contribution in [0.3, 0.4) is 0 Å². The molecule has 6 aromatic rings. The summed E-state index contributed by atoms with van der Waals surface area (Å²) in [6.45, 7) is 8.71. The van der Waals surface area contributed by atoms with Crippen molar-refractivity contribution in [3.05, 3.63) is 196 Å². The summed E-state index contributed by atoms with van der Waals surface area (Å²) in [4.78, 5) is 69.3. The number of benzene rings is 4. The van der Waals surface area contributed by atoms with Crippen molar-refractivity contribution in [2.45, 2.75) is 47.2 Å². The van der Waals surface area contributed by atoms with E-state index in [9.17, 15) is 46.3 Å². The van der Waals surface area contributed by atoms with E-state index in [0.717, 1.165) is 62.3 Å². The first-order valence-electron chi connectivity index (χ1n) is 21.5. The third-order valence-corrected chi connectivity index (χ3v) is 12.0. The molecule has 77 heavy (non-hydrogen) atoms. The van der Waals surface area contributed by atoms with Crippen LogP contribution in [0.15, 0.2) is 109 Å². The van der Waals surface area contributed by atoms with E-state index >= 15 is 0 Å². The van der Waals surface area contributed by atoms with E-state index in [1.165, 1.54) is 67.6 Å². The molecular weight excluding hydrogens is 1200 g/mol. The summed E-state index contributed by atoms with van der Waals surface area (Å²) in [6, 6.07) is 21.2. The average molecular weight is 1250 g/mol. The number of nitrogens with one attached hydrogen (secondary N) is 3. The van der Waals surface area contributed by atoms with Gasteiger partial charge >= 0.3 is 48.6 Å².